The van der Waals surface area contributed by atoms with Crippen LogP contribution in [0.3, 0.4) is 0 Å². The fraction of sp³-hybridized carbons (Fsp3) is 0.625. The van der Waals surface area contributed by atoms with E-state index in [1.807, 2.05) is 22.6 Å². The number of hydrogen-bond donors (Lipinski definition) is 0. The summed E-state index contributed by atoms with van der Waals surface area (Å²) in [6.07, 6.45) is 8.19. The van der Waals surface area contributed by atoms with E-state index in [2.05, 4.69) is 11.2 Å². The summed E-state index contributed by atoms with van der Waals surface area (Å²) in [6, 6.07) is 1.99. The Bertz CT molecular complexity index is 535. The van der Waals surface area contributed by atoms with Crippen molar-refractivity contribution in [3.05, 3.63) is 29.6 Å². The first-order chi connectivity index (χ1) is 10.3. The second-order valence-corrected chi connectivity index (χ2v) is 5.74. The Hall–Kier alpha value is -1.62. The van der Waals surface area contributed by atoms with E-state index in [0.29, 0.717) is 19.7 Å². The Kier molecular flexibility index (Phi) is 4.39. The number of amides is 1. The maximum atomic E-state index is 12.8. The second kappa shape index (κ2) is 6.43. The predicted molar refractivity (Wildman–Crippen MR) is 79.6 cm³/mol. The van der Waals surface area contributed by atoms with Gasteiger partial charge in [-0.3, -0.25) is 9.48 Å². The Morgan fingerprint density at radius 3 is 3.10 bits per heavy atom. The predicted octanol–water partition coefficient (Wildman–Crippen LogP) is 2.13. The van der Waals surface area contributed by atoms with E-state index in [4.69, 9.17) is 4.74 Å². The highest BCUT2D eigenvalue weighted by atomic mass is 16.5. The molecule has 5 nitrogen and oxygen atoms in total. The van der Waals surface area contributed by atoms with Crippen molar-refractivity contribution in [1.29, 1.82) is 0 Å². The molecule has 0 saturated carbocycles. The SMILES string of the molecule is CCOC1CN(C(=O)C2=CCCCC2)Cc2ccnn2C1. The van der Waals surface area contributed by atoms with Crippen LogP contribution in [0.4, 0.5) is 0 Å². The lowest BCUT2D eigenvalue weighted by atomic mass is 9.98. The van der Waals surface area contributed by atoms with Gasteiger partial charge in [-0.2, -0.15) is 5.10 Å². The molecule has 0 fully saturated rings. The van der Waals surface area contributed by atoms with Crippen molar-refractivity contribution < 1.29 is 9.53 Å². The average Bonchev–Trinajstić information content (AvgIpc) is 2.86. The summed E-state index contributed by atoms with van der Waals surface area (Å²) in [5, 5.41) is 4.34. The molecule has 0 saturated heterocycles. The van der Waals surface area contributed by atoms with Crippen LogP contribution in [0.1, 0.15) is 38.3 Å². The maximum Gasteiger partial charge on any atom is 0.249 e. The van der Waals surface area contributed by atoms with Crippen molar-refractivity contribution >= 4 is 5.91 Å². The summed E-state index contributed by atoms with van der Waals surface area (Å²) in [5.74, 6) is 0.175. The van der Waals surface area contributed by atoms with Crippen LogP contribution in [-0.4, -0.2) is 39.8 Å². The van der Waals surface area contributed by atoms with E-state index < -0.39 is 0 Å². The molecule has 0 bridgehead atoms. The smallest absolute Gasteiger partial charge is 0.249 e. The molecular formula is C16H23N3O2. The minimum atomic E-state index is 0.0179. The Morgan fingerprint density at radius 1 is 1.43 bits per heavy atom. The van der Waals surface area contributed by atoms with Crippen LogP contribution in [0, 0.1) is 0 Å². The summed E-state index contributed by atoms with van der Waals surface area (Å²) in [7, 11) is 0. The van der Waals surface area contributed by atoms with Gasteiger partial charge in [0, 0.05) is 24.9 Å². The van der Waals surface area contributed by atoms with Gasteiger partial charge in [0.15, 0.2) is 0 Å². The molecule has 1 aromatic rings. The molecule has 1 amide bonds. The summed E-state index contributed by atoms with van der Waals surface area (Å²) in [4.78, 5) is 14.7. The van der Waals surface area contributed by atoms with Gasteiger partial charge in [0.25, 0.3) is 0 Å². The lowest BCUT2D eigenvalue weighted by Crippen LogP contribution is -2.38. The molecule has 5 heteroatoms. The molecule has 1 aromatic heterocycles. The minimum absolute atomic E-state index is 0.0179. The highest BCUT2D eigenvalue weighted by Gasteiger charge is 2.27. The zero-order valence-electron chi connectivity index (χ0n) is 12.6. The van der Waals surface area contributed by atoms with Crippen molar-refractivity contribution in [2.75, 3.05) is 13.2 Å². The zero-order chi connectivity index (χ0) is 14.7. The van der Waals surface area contributed by atoms with Crippen molar-refractivity contribution in [2.24, 2.45) is 0 Å². The number of ether oxygens (including phenoxy) is 1. The quantitative estimate of drug-likeness (QED) is 0.856. The largest absolute Gasteiger partial charge is 0.375 e. The molecule has 2 aliphatic rings. The molecular weight excluding hydrogens is 266 g/mol. The third-order valence-electron chi connectivity index (χ3n) is 4.21. The van der Waals surface area contributed by atoms with Crippen molar-refractivity contribution in [1.82, 2.24) is 14.7 Å². The number of rotatable bonds is 3. The molecule has 0 spiro atoms. The monoisotopic (exact) mass is 289 g/mol. The van der Waals surface area contributed by atoms with Crippen molar-refractivity contribution in [3.63, 3.8) is 0 Å². The van der Waals surface area contributed by atoms with Gasteiger partial charge < -0.3 is 9.64 Å². The molecule has 114 valence electrons. The number of hydrogen-bond acceptors (Lipinski definition) is 3. The van der Waals surface area contributed by atoms with Crippen LogP contribution in [0.2, 0.25) is 0 Å². The highest BCUT2D eigenvalue weighted by Crippen LogP contribution is 2.22. The first-order valence-electron chi connectivity index (χ1n) is 7.88. The number of fused-ring (bicyclic) bond motifs is 1. The summed E-state index contributed by atoms with van der Waals surface area (Å²) < 4.78 is 7.74. The van der Waals surface area contributed by atoms with Gasteiger partial charge in [0.2, 0.25) is 5.91 Å². The molecule has 3 rings (SSSR count). The molecule has 1 unspecified atom stereocenters. The topological polar surface area (TPSA) is 47.4 Å². The number of carbonyl (C=O) groups excluding carboxylic acids is 1. The lowest BCUT2D eigenvalue weighted by Gasteiger charge is -2.26. The van der Waals surface area contributed by atoms with Crippen LogP contribution in [0.5, 0.6) is 0 Å². The standard InChI is InChI=1S/C16H23N3O2/c1-2-21-15-11-18(10-14-8-9-17-19(14)12-15)16(20)13-6-4-3-5-7-13/h6,8-9,15H,2-5,7,10-12H2,1H3. The average molecular weight is 289 g/mol. The first-order valence-corrected chi connectivity index (χ1v) is 7.88. The van der Waals surface area contributed by atoms with E-state index in [9.17, 15) is 4.79 Å². The van der Waals surface area contributed by atoms with Gasteiger partial charge >= 0.3 is 0 Å². The van der Waals surface area contributed by atoms with Gasteiger partial charge in [0.05, 0.1) is 24.9 Å². The fourth-order valence-electron chi connectivity index (χ4n) is 3.15. The molecule has 1 aliphatic carbocycles. The normalized spacial score (nSPS) is 22.4. The molecule has 0 aromatic carbocycles. The lowest BCUT2D eigenvalue weighted by molar-refractivity contribution is -0.129. The fourth-order valence-corrected chi connectivity index (χ4v) is 3.15. The van der Waals surface area contributed by atoms with E-state index in [0.717, 1.165) is 37.1 Å². The highest BCUT2D eigenvalue weighted by molar-refractivity contribution is 5.93. The van der Waals surface area contributed by atoms with Crippen molar-refractivity contribution in [2.45, 2.75) is 51.8 Å². The molecule has 2 heterocycles. The summed E-state index contributed by atoms with van der Waals surface area (Å²) in [5.41, 5.74) is 2.06. The van der Waals surface area contributed by atoms with Crippen molar-refractivity contribution in [3.8, 4) is 0 Å². The molecule has 1 atom stereocenters. The number of allylic oxidation sites excluding steroid dienone is 1. The van der Waals surface area contributed by atoms with E-state index in [1.165, 1.54) is 6.42 Å². The van der Waals surface area contributed by atoms with E-state index in [-0.39, 0.29) is 12.0 Å². The van der Waals surface area contributed by atoms with E-state index in [1.54, 1.807) is 6.20 Å². The summed E-state index contributed by atoms with van der Waals surface area (Å²) >= 11 is 0. The number of aromatic nitrogens is 2. The number of carbonyl (C=O) groups is 1. The number of nitrogens with zero attached hydrogens (tertiary/aromatic N) is 3. The third kappa shape index (κ3) is 3.18. The zero-order valence-corrected chi connectivity index (χ0v) is 12.6. The van der Waals surface area contributed by atoms with Crippen LogP contribution in [0.25, 0.3) is 0 Å². The molecule has 1 aliphatic heterocycles. The molecule has 21 heavy (non-hydrogen) atoms. The molecule has 0 N–H and O–H groups in total. The Balaban J connectivity index is 1.80. The second-order valence-electron chi connectivity index (χ2n) is 5.74. The summed E-state index contributed by atoms with van der Waals surface area (Å²) in [6.45, 7) is 4.64. The van der Waals surface area contributed by atoms with Crippen LogP contribution in [0.15, 0.2) is 23.9 Å². The van der Waals surface area contributed by atoms with E-state index >= 15 is 0 Å². The third-order valence-corrected chi connectivity index (χ3v) is 4.21. The van der Waals surface area contributed by atoms with Crippen LogP contribution >= 0.6 is 0 Å². The van der Waals surface area contributed by atoms with Gasteiger partial charge in [-0.05, 0) is 38.7 Å². The van der Waals surface area contributed by atoms with Gasteiger partial charge in [0.1, 0.15) is 0 Å². The van der Waals surface area contributed by atoms with Crippen LogP contribution in [-0.2, 0) is 22.6 Å². The minimum Gasteiger partial charge on any atom is -0.375 e. The first kappa shape index (κ1) is 14.3. The van der Waals surface area contributed by atoms with Gasteiger partial charge in [-0.15, -0.1) is 0 Å². The molecule has 0 radical (unpaired) electrons. The Labute approximate surface area is 125 Å². The van der Waals surface area contributed by atoms with Crippen LogP contribution < -0.4 is 0 Å². The Morgan fingerprint density at radius 2 is 2.33 bits per heavy atom. The van der Waals surface area contributed by atoms with Gasteiger partial charge in [-0.1, -0.05) is 6.08 Å². The maximum absolute atomic E-state index is 12.8. The van der Waals surface area contributed by atoms with Gasteiger partial charge in [-0.25, -0.2) is 0 Å².